The van der Waals surface area contributed by atoms with E-state index < -0.39 is 11.1 Å². The topological polar surface area (TPSA) is 72.0 Å². The van der Waals surface area contributed by atoms with E-state index in [1.807, 2.05) is 40.7 Å². The minimum atomic E-state index is -0.519. The van der Waals surface area contributed by atoms with Crippen LogP contribution in [0.2, 0.25) is 0 Å². The molecule has 1 aliphatic rings. The van der Waals surface area contributed by atoms with Gasteiger partial charge >= 0.3 is 12.1 Å². The Morgan fingerprint density at radius 2 is 1.92 bits per heavy atom. The Morgan fingerprint density at radius 3 is 2.42 bits per heavy atom. The maximum Gasteiger partial charge on any atom is 0.410 e. The van der Waals surface area contributed by atoms with Crippen LogP contribution in [0.15, 0.2) is 18.3 Å². The number of ether oxygens (including phenoxy) is 2. The molecule has 144 valence electrons. The highest BCUT2D eigenvalue weighted by Gasteiger charge is 2.39. The summed E-state index contributed by atoms with van der Waals surface area (Å²) in [6, 6.07) is 3.53. The summed E-state index contributed by atoms with van der Waals surface area (Å²) in [4.78, 5) is 32.5. The quantitative estimate of drug-likeness (QED) is 0.769. The molecule has 0 radical (unpaired) electrons. The van der Waals surface area contributed by atoms with Gasteiger partial charge in [0.25, 0.3) is 0 Å². The molecule has 1 fully saturated rings. The number of piperazine rings is 1. The molecular weight excluding hydrogens is 334 g/mol. The van der Waals surface area contributed by atoms with E-state index in [9.17, 15) is 9.59 Å². The first kappa shape index (κ1) is 20.0. The molecule has 26 heavy (non-hydrogen) atoms. The number of amides is 1. The van der Waals surface area contributed by atoms with Gasteiger partial charge in [-0.3, -0.25) is 4.90 Å². The van der Waals surface area contributed by atoms with Crippen LogP contribution in [0.5, 0.6) is 0 Å². The van der Waals surface area contributed by atoms with Crippen LogP contribution in [-0.2, 0) is 9.47 Å². The summed E-state index contributed by atoms with van der Waals surface area (Å²) in [5, 5.41) is 0. The Balaban J connectivity index is 2.07. The molecule has 1 saturated heterocycles. The van der Waals surface area contributed by atoms with Crippen LogP contribution in [0.4, 0.5) is 10.6 Å². The first-order valence-corrected chi connectivity index (χ1v) is 8.92. The molecule has 7 heteroatoms. The van der Waals surface area contributed by atoms with Crippen molar-refractivity contribution in [3.05, 3.63) is 23.9 Å². The third kappa shape index (κ3) is 4.86. The van der Waals surface area contributed by atoms with Crippen molar-refractivity contribution < 1.29 is 19.1 Å². The number of aromatic nitrogens is 1. The van der Waals surface area contributed by atoms with Gasteiger partial charge in [-0.05, 0) is 53.7 Å². The van der Waals surface area contributed by atoms with Gasteiger partial charge in [0.1, 0.15) is 11.4 Å². The van der Waals surface area contributed by atoms with E-state index in [1.54, 1.807) is 17.9 Å². The number of nitrogens with zero attached hydrogens (tertiary/aromatic N) is 3. The van der Waals surface area contributed by atoms with Crippen LogP contribution in [0.25, 0.3) is 0 Å². The number of anilines is 1. The molecule has 1 aromatic heterocycles. The van der Waals surface area contributed by atoms with Crippen molar-refractivity contribution in [1.82, 2.24) is 9.88 Å². The summed E-state index contributed by atoms with van der Waals surface area (Å²) in [5.41, 5.74) is -0.487. The molecule has 0 unspecified atom stereocenters. The smallest absolute Gasteiger partial charge is 0.410 e. The van der Waals surface area contributed by atoms with Crippen molar-refractivity contribution in [2.75, 3.05) is 31.1 Å². The SMILES string of the molecule is CCOC(=O)c1ccc(N2CCN(C(=O)OC(C)(C)C)C(C)(C)C2)nc1. The van der Waals surface area contributed by atoms with Gasteiger partial charge in [0.15, 0.2) is 0 Å². The van der Waals surface area contributed by atoms with E-state index in [4.69, 9.17) is 9.47 Å². The van der Waals surface area contributed by atoms with Crippen LogP contribution in [-0.4, -0.2) is 59.3 Å². The minimum Gasteiger partial charge on any atom is -0.462 e. The highest BCUT2D eigenvalue weighted by molar-refractivity contribution is 5.89. The molecule has 1 aliphatic heterocycles. The van der Waals surface area contributed by atoms with E-state index in [-0.39, 0.29) is 12.1 Å². The van der Waals surface area contributed by atoms with Crippen molar-refractivity contribution >= 4 is 17.9 Å². The third-order valence-electron chi connectivity index (χ3n) is 4.10. The number of carbonyl (C=O) groups is 2. The standard InChI is InChI=1S/C19H29N3O4/c1-7-25-16(23)14-8-9-15(20-12-14)21-10-11-22(19(5,6)13-21)17(24)26-18(2,3)4/h8-9,12H,7,10-11,13H2,1-6H3. The Morgan fingerprint density at radius 1 is 1.23 bits per heavy atom. The molecule has 0 N–H and O–H groups in total. The van der Waals surface area contributed by atoms with Crippen molar-refractivity contribution in [2.24, 2.45) is 0 Å². The normalized spacial score (nSPS) is 17.0. The van der Waals surface area contributed by atoms with Crippen LogP contribution in [0, 0.1) is 0 Å². The van der Waals surface area contributed by atoms with Crippen molar-refractivity contribution in [2.45, 2.75) is 52.7 Å². The second-order valence-electron chi connectivity index (χ2n) is 7.99. The maximum absolute atomic E-state index is 12.5. The molecule has 0 bridgehead atoms. The average Bonchev–Trinajstić information content (AvgIpc) is 2.52. The van der Waals surface area contributed by atoms with Crippen LogP contribution >= 0.6 is 0 Å². The monoisotopic (exact) mass is 363 g/mol. The fraction of sp³-hybridized carbons (Fsp3) is 0.632. The van der Waals surface area contributed by atoms with Gasteiger partial charge in [0.2, 0.25) is 0 Å². The molecule has 1 aromatic rings. The van der Waals surface area contributed by atoms with Gasteiger partial charge in [-0.15, -0.1) is 0 Å². The van der Waals surface area contributed by atoms with E-state index >= 15 is 0 Å². The molecule has 7 nitrogen and oxygen atoms in total. The second-order valence-corrected chi connectivity index (χ2v) is 7.99. The fourth-order valence-electron chi connectivity index (χ4n) is 2.91. The molecule has 1 amide bonds. The van der Waals surface area contributed by atoms with E-state index in [2.05, 4.69) is 9.88 Å². The third-order valence-corrected chi connectivity index (χ3v) is 4.10. The number of rotatable bonds is 3. The maximum atomic E-state index is 12.5. The second kappa shape index (κ2) is 7.51. The van der Waals surface area contributed by atoms with E-state index in [0.717, 1.165) is 5.82 Å². The van der Waals surface area contributed by atoms with Crippen LogP contribution in [0.3, 0.4) is 0 Å². The van der Waals surface area contributed by atoms with Gasteiger partial charge in [0.05, 0.1) is 17.7 Å². The molecule has 2 rings (SSSR count). The summed E-state index contributed by atoms with van der Waals surface area (Å²) in [5.74, 6) is 0.400. The Bertz CT molecular complexity index is 650. The lowest BCUT2D eigenvalue weighted by Gasteiger charge is -2.47. The molecular formula is C19H29N3O4. The highest BCUT2D eigenvalue weighted by Crippen LogP contribution is 2.26. The zero-order chi connectivity index (χ0) is 19.5. The van der Waals surface area contributed by atoms with Gasteiger partial charge < -0.3 is 14.4 Å². The predicted molar refractivity (Wildman–Crippen MR) is 99.4 cm³/mol. The van der Waals surface area contributed by atoms with Crippen molar-refractivity contribution in [3.63, 3.8) is 0 Å². The predicted octanol–water partition coefficient (Wildman–Crippen LogP) is 3.09. The van der Waals surface area contributed by atoms with Crippen molar-refractivity contribution in [1.29, 1.82) is 0 Å². The van der Waals surface area contributed by atoms with Crippen molar-refractivity contribution in [3.8, 4) is 0 Å². The summed E-state index contributed by atoms with van der Waals surface area (Å²) < 4.78 is 10.5. The van der Waals surface area contributed by atoms with Crippen LogP contribution < -0.4 is 4.90 Å². The molecule has 0 aromatic carbocycles. The van der Waals surface area contributed by atoms with E-state index in [0.29, 0.717) is 31.8 Å². The molecule has 0 spiro atoms. The van der Waals surface area contributed by atoms with E-state index in [1.165, 1.54) is 6.20 Å². The number of pyridine rings is 1. The zero-order valence-electron chi connectivity index (χ0n) is 16.5. The van der Waals surface area contributed by atoms with Gasteiger partial charge in [-0.1, -0.05) is 0 Å². The number of esters is 1. The largest absolute Gasteiger partial charge is 0.462 e. The fourth-order valence-corrected chi connectivity index (χ4v) is 2.91. The zero-order valence-corrected chi connectivity index (χ0v) is 16.5. The Kier molecular flexibility index (Phi) is 5.78. The highest BCUT2D eigenvalue weighted by atomic mass is 16.6. The summed E-state index contributed by atoms with van der Waals surface area (Å²) >= 11 is 0. The number of hydrogen-bond donors (Lipinski definition) is 0. The van der Waals surface area contributed by atoms with Gasteiger partial charge in [-0.2, -0.15) is 0 Å². The molecule has 0 atom stereocenters. The summed E-state index contributed by atoms with van der Waals surface area (Å²) in [6.45, 7) is 13.5. The first-order chi connectivity index (χ1) is 12.0. The number of hydrogen-bond acceptors (Lipinski definition) is 6. The van der Waals surface area contributed by atoms with Crippen LogP contribution in [0.1, 0.15) is 51.9 Å². The lowest BCUT2D eigenvalue weighted by molar-refractivity contribution is 0.000283. The average molecular weight is 363 g/mol. The number of carbonyl (C=O) groups excluding carboxylic acids is 2. The molecule has 2 heterocycles. The first-order valence-electron chi connectivity index (χ1n) is 8.92. The lowest BCUT2D eigenvalue weighted by atomic mass is 9.99. The Hall–Kier alpha value is -2.31. The molecule has 0 aliphatic carbocycles. The Labute approximate surface area is 155 Å². The minimum absolute atomic E-state index is 0.298. The van der Waals surface area contributed by atoms with Gasteiger partial charge in [-0.25, -0.2) is 14.6 Å². The molecule has 0 saturated carbocycles. The summed E-state index contributed by atoms with van der Waals surface area (Å²) in [6.07, 6.45) is 1.23. The lowest BCUT2D eigenvalue weighted by Crippen LogP contribution is -2.62. The summed E-state index contributed by atoms with van der Waals surface area (Å²) in [7, 11) is 0. The van der Waals surface area contributed by atoms with Gasteiger partial charge in [0, 0.05) is 25.8 Å².